The first kappa shape index (κ1) is 18.4. The van der Waals surface area contributed by atoms with E-state index in [0.717, 1.165) is 0 Å². The number of benzene rings is 3. The summed E-state index contributed by atoms with van der Waals surface area (Å²) in [6.07, 6.45) is -1.44. The first-order valence-electron chi connectivity index (χ1n) is 9.16. The number of methoxy groups -OCH3 is 3. The topological polar surface area (TPSA) is 92.7 Å². The van der Waals surface area contributed by atoms with Crippen molar-refractivity contribution in [2.75, 3.05) is 28.1 Å². The van der Waals surface area contributed by atoms with Crippen LogP contribution in [0.3, 0.4) is 0 Å². The molecule has 0 aliphatic carbocycles. The minimum absolute atomic E-state index is 0.131. The van der Waals surface area contributed by atoms with Crippen LogP contribution >= 0.6 is 0 Å². The smallest absolute Gasteiger partial charge is 0.342 e. The van der Waals surface area contributed by atoms with Crippen LogP contribution in [0.5, 0.6) is 28.7 Å². The van der Waals surface area contributed by atoms with Gasteiger partial charge in [0.05, 0.1) is 32.5 Å². The molecule has 2 aliphatic heterocycles. The number of cyclic esters (lactones) is 1. The van der Waals surface area contributed by atoms with E-state index < -0.39 is 12.3 Å². The van der Waals surface area contributed by atoms with Gasteiger partial charge in [0.2, 0.25) is 13.1 Å². The van der Waals surface area contributed by atoms with E-state index in [0.29, 0.717) is 50.6 Å². The fourth-order valence-electron chi connectivity index (χ4n) is 4.04. The molecule has 0 spiro atoms. The lowest BCUT2D eigenvalue weighted by atomic mass is 9.89. The summed E-state index contributed by atoms with van der Waals surface area (Å²) in [5, 5.41) is 11.8. The van der Waals surface area contributed by atoms with Crippen molar-refractivity contribution in [1.29, 1.82) is 0 Å². The average Bonchev–Trinajstić information content (AvgIpc) is 3.34. The molecule has 0 amide bonds. The molecule has 0 aromatic heterocycles. The van der Waals surface area contributed by atoms with Crippen molar-refractivity contribution in [2.45, 2.75) is 6.29 Å². The quantitative estimate of drug-likeness (QED) is 0.654. The van der Waals surface area contributed by atoms with Crippen LogP contribution < -0.4 is 23.7 Å². The van der Waals surface area contributed by atoms with Crippen molar-refractivity contribution < 1.29 is 38.3 Å². The van der Waals surface area contributed by atoms with E-state index in [9.17, 15) is 9.90 Å². The molecular formula is C22H18O8. The summed E-state index contributed by atoms with van der Waals surface area (Å²) < 4.78 is 32.5. The standard InChI is InChI=1S/C22H18O8/c1-25-14-7-11-12(8-15(14)26-2)20(27-3)19-18(21(23)30-22(19)24)17(11)10-4-5-13-16(6-10)29-9-28-13/h4-8,22,24H,9H2,1-3H3. The van der Waals surface area contributed by atoms with E-state index in [4.69, 9.17) is 28.4 Å². The van der Waals surface area contributed by atoms with Gasteiger partial charge in [0.1, 0.15) is 5.75 Å². The number of ether oxygens (including phenoxy) is 6. The Kier molecular flexibility index (Phi) is 4.11. The molecule has 2 aliphatic rings. The fourth-order valence-corrected chi connectivity index (χ4v) is 4.04. The number of carbonyl (C=O) groups is 1. The lowest BCUT2D eigenvalue weighted by Crippen LogP contribution is -2.02. The highest BCUT2D eigenvalue weighted by molar-refractivity contribution is 6.14. The Labute approximate surface area is 171 Å². The van der Waals surface area contributed by atoms with Crippen molar-refractivity contribution in [3.8, 4) is 39.9 Å². The Balaban J connectivity index is 1.93. The molecule has 8 heteroatoms. The molecule has 30 heavy (non-hydrogen) atoms. The third-order valence-electron chi connectivity index (χ3n) is 5.34. The summed E-state index contributed by atoms with van der Waals surface area (Å²) in [5.74, 6) is 1.86. The SMILES string of the molecule is COc1cc2c(OC)c3c(c(-c4ccc5c(c4)OCO5)c2cc1OC)C(=O)OC3O. The number of hydrogen-bond donors (Lipinski definition) is 1. The number of rotatable bonds is 4. The maximum atomic E-state index is 12.7. The fraction of sp³-hybridized carbons (Fsp3) is 0.227. The first-order chi connectivity index (χ1) is 14.6. The molecule has 3 aromatic carbocycles. The highest BCUT2D eigenvalue weighted by atomic mass is 16.7. The van der Waals surface area contributed by atoms with E-state index >= 15 is 0 Å². The van der Waals surface area contributed by atoms with E-state index in [1.165, 1.54) is 21.3 Å². The van der Waals surface area contributed by atoms with Crippen molar-refractivity contribution in [1.82, 2.24) is 0 Å². The third kappa shape index (κ3) is 2.47. The van der Waals surface area contributed by atoms with Crippen LogP contribution in [0.2, 0.25) is 0 Å². The largest absolute Gasteiger partial charge is 0.496 e. The minimum Gasteiger partial charge on any atom is -0.496 e. The van der Waals surface area contributed by atoms with Crippen molar-refractivity contribution in [2.24, 2.45) is 0 Å². The van der Waals surface area contributed by atoms with Crippen molar-refractivity contribution in [3.63, 3.8) is 0 Å². The van der Waals surface area contributed by atoms with Crippen molar-refractivity contribution in [3.05, 3.63) is 41.5 Å². The van der Waals surface area contributed by atoms with Crippen LogP contribution in [0, 0.1) is 0 Å². The predicted octanol–water partition coefficient (Wildman–Crippen LogP) is 3.42. The second-order valence-corrected chi connectivity index (χ2v) is 6.78. The molecule has 1 N–H and O–H groups in total. The highest BCUT2D eigenvalue weighted by Gasteiger charge is 2.38. The van der Waals surface area contributed by atoms with Crippen LogP contribution in [0.15, 0.2) is 30.3 Å². The molecular weight excluding hydrogens is 392 g/mol. The summed E-state index contributed by atoms with van der Waals surface area (Å²) in [7, 11) is 4.54. The lowest BCUT2D eigenvalue weighted by molar-refractivity contribution is -0.0555. The zero-order valence-electron chi connectivity index (χ0n) is 16.5. The van der Waals surface area contributed by atoms with Gasteiger partial charge >= 0.3 is 5.97 Å². The van der Waals surface area contributed by atoms with Gasteiger partial charge in [-0.3, -0.25) is 0 Å². The molecule has 0 saturated heterocycles. The molecule has 0 bridgehead atoms. The van der Waals surface area contributed by atoms with Gasteiger partial charge in [0.15, 0.2) is 23.0 Å². The molecule has 1 unspecified atom stereocenters. The van der Waals surface area contributed by atoms with Gasteiger partial charge in [-0.15, -0.1) is 0 Å². The average molecular weight is 410 g/mol. The summed E-state index contributed by atoms with van der Waals surface area (Å²) >= 11 is 0. The lowest BCUT2D eigenvalue weighted by Gasteiger charge is -2.18. The number of esters is 1. The molecule has 5 rings (SSSR count). The first-order valence-corrected chi connectivity index (χ1v) is 9.16. The number of hydrogen-bond acceptors (Lipinski definition) is 8. The summed E-state index contributed by atoms with van der Waals surface area (Å²) in [6, 6.07) is 8.91. The Morgan fingerprint density at radius 2 is 1.60 bits per heavy atom. The molecule has 3 aromatic rings. The minimum atomic E-state index is -1.44. The molecule has 0 saturated carbocycles. The van der Waals surface area contributed by atoms with Crippen LogP contribution in [-0.4, -0.2) is 39.2 Å². The van der Waals surface area contributed by atoms with E-state index in [1.54, 1.807) is 24.3 Å². The van der Waals surface area contributed by atoms with Gasteiger partial charge < -0.3 is 33.5 Å². The number of carbonyl (C=O) groups excluding carboxylic acids is 1. The Bertz CT molecular complexity index is 1200. The Hall–Kier alpha value is -3.65. The van der Waals surface area contributed by atoms with Gasteiger partial charge in [0.25, 0.3) is 0 Å². The van der Waals surface area contributed by atoms with Crippen LogP contribution in [-0.2, 0) is 4.74 Å². The van der Waals surface area contributed by atoms with E-state index in [1.807, 2.05) is 6.07 Å². The highest BCUT2D eigenvalue weighted by Crippen LogP contribution is 2.51. The normalized spacial score (nSPS) is 16.4. The summed E-state index contributed by atoms with van der Waals surface area (Å²) in [6.45, 7) is 0.131. The number of fused-ring (bicyclic) bond motifs is 3. The van der Waals surface area contributed by atoms with Gasteiger partial charge in [-0.1, -0.05) is 6.07 Å². The molecule has 8 nitrogen and oxygen atoms in total. The zero-order chi connectivity index (χ0) is 21.0. The maximum absolute atomic E-state index is 12.7. The van der Waals surface area contributed by atoms with Gasteiger partial charge in [-0.2, -0.15) is 0 Å². The Morgan fingerprint density at radius 1 is 0.900 bits per heavy atom. The number of aliphatic hydroxyl groups excluding tert-OH is 1. The van der Waals surface area contributed by atoms with Crippen LogP contribution in [0.25, 0.3) is 21.9 Å². The monoisotopic (exact) mass is 410 g/mol. The van der Waals surface area contributed by atoms with E-state index in [2.05, 4.69) is 0 Å². The van der Waals surface area contributed by atoms with Gasteiger partial charge in [-0.05, 0) is 35.2 Å². The second kappa shape index (κ2) is 6.70. The zero-order valence-corrected chi connectivity index (χ0v) is 16.5. The molecule has 154 valence electrons. The van der Waals surface area contributed by atoms with Crippen LogP contribution in [0.4, 0.5) is 0 Å². The Morgan fingerprint density at radius 3 is 2.30 bits per heavy atom. The van der Waals surface area contributed by atoms with E-state index in [-0.39, 0.29) is 17.9 Å². The summed E-state index contributed by atoms with van der Waals surface area (Å²) in [5.41, 5.74) is 1.77. The number of aliphatic hydroxyl groups is 1. The van der Waals surface area contributed by atoms with Crippen molar-refractivity contribution >= 4 is 16.7 Å². The van der Waals surface area contributed by atoms with Gasteiger partial charge in [-0.25, -0.2) is 4.79 Å². The molecule has 2 heterocycles. The predicted molar refractivity (Wildman–Crippen MR) is 106 cm³/mol. The molecule has 1 atom stereocenters. The molecule has 0 radical (unpaired) electrons. The maximum Gasteiger partial charge on any atom is 0.342 e. The van der Waals surface area contributed by atoms with Gasteiger partial charge in [0, 0.05) is 10.9 Å². The third-order valence-corrected chi connectivity index (χ3v) is 5.34. The van der Waals surface area contributed by atoms with Crippen LogP contribution in [0.1, 0.15) is 22.2 Å². The molecule has 0 fully saturated rings. The second-order valence-electron chi connectivity index (χ2n) is 6.78. The summed E-state index contributed by atoms with van der Waals surface area (Å²) in [4.78, 5) is 12.7.